The van der Waals surface area contributed by atoms with Gasteiger partial charge >= 0.3 is 0 Å². The number of rotatable bonds is 6. The second kappa shape index (κ2) is 6.21. The number of aromatic nitrogens is 1. The van der Waals surface area contributed by atoms with Gasteiger partial charge in [0.25, 0.3) is 0 Å². The lowest BCUT2D eigenvalue weighted by atomic mass is 10.2. The molecule has 4 heteroatoms. The Kier molecular flexibility index (Phi) is 3.94. The van der Waals surface area contributed by atoms with Gasteiger partial charge in [0, 0.05) is 18.9 Å². The molecule has 102 valence electrons. The molecule has 0 amide bonds. The maximum Gasteiger partial charge on any atom is 0.117 e. The van der Waals surface area contributed by atoms with E-state index in [9.17, 15) is 0 Å². The van der Waals surface area contributed by atoms with Crippen LogP contribution in [0.4, 0.5) is 0 Å². The van der Waals surface area contributed by atoms with Gasteiger partial charge in [0.2, 0.25) is 0 Å². The zero-order valence-corrected chi connectivity index (χ0v) is 11.1. The van der Waals surface area contributed by atoms with Crippen molar-refractivity contribution in [3.05, 3.63) is 78.4 Å². The van der Waals surface area contributed by atoms with E-state index in [0.29, 0.717) is 0 Å². The Hall–Kier alpha value is -2.33. The zero-order valence-electron chi connectivity index (χ0n) is 11.1. The fraction of sp³-hybridized carbons (Fsp3) is 0.188. The Morgan fingerprint density at radius 1 is 0.850 bits per heavy atom. The van der Waals surface area contributed by atoms with Gasteiger partial charge in [0.15, 0.2) is 0 Å². The van der Waals surface area contributed by atoms with E-state index >= 15 is 0 Å². The minimum absolute atomic E-state index is 0.739. The summed E-state index contributed by atoms with van der Waals surface area (Å²) in [6.07, 6.45) is 7.07. The molecule has 0 saturated carbocycles. The quantitative estimate of drug-likeness (QED) is 0.686. The van der Waals surface area contributed by atoms with Crippen molar-refractivity contribution in [3.63, 3.8) is 0 Å². The van der Waals surface area contributed by atoms with Crippen LogP contribution in [0.1, 0.15) is 17.1 Å². The maximum atomic E-state index is 5.43. The highest BCUT2D eigenvalue weighted by Gasteiger charge is 2.11. The van der Waals surface area contributed by atoms with Gasteiger partial charge in [-0.25, -0.2) is 0 Å². The van der Waals surface area contributed by atoms with E-state index in [1.807, 2.05) is 36.5 Å². The molecule has 0 aliphatic rings. The van der Waals surface area contributed by atoms with Gasteiger partial charge < -0.3 is 8.83 Å². The number of furan rings is 2. The van der Waals surface area contributed by atoms with Crippen LogP contribution in [0, 0.1) is 0 Å². The van der Waals surface area contributed by atoms with E-state index in [1.54, 1.807) is 18.7 Å². The smallest absolute Gasteiger partial charge is 0.117 e. The third-order valence-corrected chi connectivity index (χ3v) is 3.05. The first-order chi connectivity index (χ1) is 9.90. The Labute approximate surface area is 117 Å². The second-order valence-electron chi connectivity index (χ2n) is 4.67. The molecule has 0 atom stereocenters. The van der Waals surface area contributed by atoms with E-state index in [4.69, 9.17) is 8.83 Å². The summed E-state index contributed by atoms with van der Waals surface area (Å²) in [5.41, 5.74) is 1.17. The normalized spacial score (nSPS) is 11.1. The molecule has 20 heavy (non-hydrogen) atoms. The van der Waals surface area contributed by atoms with Gasteiger partial charge in [-0.15, -0.1) is 0 Å². The highest BCUT2D eigenvalue weighted by molar-refractivity contribution is 5.09. The minimum atomic E-state index is 0.739. The topological polar surface area (TPSA) is 42.4 Å². The Balaban J connectivity index is 1.72. The van der Waals surface area contributed by atoms with Crippen molar-refractivity contribution >= 4 is 0 Å². The summed E-state index contributed by atoms with van der Waals surface area (Å²) in [7, 11) is 0. The third-order valence-electron chi connectivity index (χ3n) is 3.05. The molecular formula is C16H16N2O2. The fourth-order valence-corrected chi connectivity index (χ4v) is 2.16. The van der Waals surface area contributed by atoms with Gasteiger partial charge in [-0.05, 0) is 35.9 Å². The van der Waals surface area contributed by atoms with Crippen LogP contribution >= 0.6 is 0 Å². The first kappa shape index (κ1) is 12.7. The summed E-state index contributed by atoms with van der Waals surface area (Å²) < 4.78 is 10.9. The standard InChI is InChI=1S/C16H16N2O2/c1-4-14(10-17-7-1)11-18(12-15-5-2-8-19-15)13-16-6-3-9-20-16/h1-10H,11-13H2. The van der Waals surface area contributed by atoms with E-state index in [2.05, 4.69) is 16.0 Å². The van der Waals surface area contributed by atoms with Crippen molar-refractivity contribution in [2.45, 2.75) is 19.6 Å². The van der Waals surface area contributed by atoms with Crippen molar-refractivity contribution in [2.24, 2.45) is 0 Å². The largest absolute Gasteiger partial charge is 0.468 e. The molecule has 3 aromatic heterocycles. The first-order valence-corrected chi connectivity index (χ1v) is 6.56. The van der Waals surface area contributed by atoms with E-state index < -0.39 is 0 Å². The van der Waals surface area contributed by atoms with Crippen LogP contribution < -0.4 is 0 Å². The number of hydrogen-bond acceptors (Lipinski definition) is 4. The van der Waals surface area contributed by atoms with Crippen LogP contribution in [0.3, 0.4) is 0 Å². The molecule has 0 spiro atoms. The van der Waals surface area contributed by atoms with Crippen molar-refractivity contribution in [2.75, 3.05) is 0 Å². The van der Waals surface area contributed by atoms with Crippen LogP contribution in [-0.4, -0.2) is 9.88 Å². The predicted octanol–water partition coefficient (Wildman–Crippen LogP) is 3.47. The van der Waals surface area contributed by atoms with Crippen LogP contribution in [-0.2, 0) is 19.6 Å². The fourth-order valence-electron chi connectivity index (χ4n) is 2.16. The summed E-state index contributed by atoms with van der Waals surface area (Å²) in [4.78, 5) is 6.42. The number of hydrogen-bond donors (Lipinski definition) is 0. The minimum Gasteiger partial charge on any atom is -0.468 e. The molecule has 0 fully saturated rings. The summed E-state index contributed by atoms with van der Waals surface area (Å²) in [6, 6.07) is 11.8. The van der Waals surface area contributed by atoms with Gasteiger partial charge in [0.1, 0.15) is 11.5 Å². The average molecular weight is 268 g/mol. The van der Waals surface area contributed by atoms with Crippen LogP contribution in [0.5, 0.6) is 0 Å². The third kappa shape index (κ3) is 3.36. The highest BCUT2D eigenvalue weighted by Crippen LogP contribution is 2.14. The van der Waals surface area contributed by atoms with Crippen LogP contribution in [0.15, 0.2) is 70.2 Å². The van der Waals surface area contributed by atoms with Crippen molar-refractivity contribution in [1.82, 2.24) is 9.88 Å². The summed E-state index contributed by atoms with van der Waals surface area (Å²) >= 11 is 0. The second-order valence-corrected chi connectivity index (χ2v) is 4.67. The molecule has 0 radical (unpaired) electrons. The molecule has 0 bridgehead atoms. The number of nitrogens with zero attached hydrogens (tertiary/aromatic N) is 2. The van der Waals surface area contributed by atoms with E-state index in [1.165, 1.54) is 5.56 Å². The van der Waals surface area contributed by atoms with Gasteiger partial charge in [0.05, 0.1) is 25.6 Å². The molecule has 0 aromatic carbocycles. The molecular weight excluding hydrogens is 252 g/mol. The molecule has 0 N–H and O–H groups in total. The molecule has 4 nitrogen and oxygen atoms in total. The average Bonchev–Trinajstić information content (AvgIpc) is 3.13. The van der Waals surface area contributed by atoms with E-state index in [0.717, 1.165) is 31.2 Å². The van der Waals surface area contributed by atoms with Gasteiger partial charge in [-0.3, -0.25) is 9.88 Å². The lowest BCUT2D eigenvalue weighted by Gasteiger charge is -2.19. The van der Waals surface area contributed by atoms with Crippen molar-refractivity contribution in [3.8, 4) is 0 Å². The zero-order chi connectivity index (χ0) is 13.6. The number of pyridine rings is 1. The lowest BCUT2D eigenvalue weighted by molar-refractivity contribution is 0.209. The van der Waals surface area contributed by atoms with Crippen molar-refractivity contribution < 1.29 is 8.83 Å². The van der Waals surface area contributed by atoms with Crippen LogP contribution in [0.25, 0.3) is 0 Å². The summed E-state index contributed by atoms with van der Waals surface area (Å²) in [5, 5.41) is 0. The molecule has 3 aromatic rings. The van der Waals surface area contributed by atoms with Gasteiger partial charge in [-0.2, -0.15) is 0 Å². The van der Waals surface area contributed by atoms with Crippen LogP contribution in [0.2, 0.25) is 0 Å². The Morgan fingerprint density at radius 3 is 2.05 bits per heavy atom. The van der Waals surface area contributed by atoms with Crippen molar-refractivity contribution in [1.29, 1.82) is 0 Å². The molecule has 0 aliphatic heterocycles. The predicted molar refractivity (Wildman–Crippen MR) is 74.6 cm³/mol. The summed E-state index contributed by atoms with van der Waals surface area (Å²) in [6.45, 7) is 2.28. The Morgan fingerprint density at radius 2 is 1.55 bits per heavy atom. The summed E-state index contributed by atoms with van der Waals surface area (Å²) in [5.74, 6) is 1.89. The first-order valence-electron chi connectivity index (χ1n) is 6.56. The Bertz CT molecular complexity index is 567. The molecule has 0 saturated heterocycles. The van der Waals surface area contributed by atoms with E-state index in [-0.39, 0.29) is 0 Å². The molecule has 3 heterocycles. The maximum absolute atomic E-state index is 5.43. The molecule has 0 unspecified atom stereocenters. The molecule has 3 rings (SSSR count). The molecule has 0 aliphatic carbocycles. The monoisotopic (exact) mass is 268 g/mol. The lowest BCUT2D eigenvalue weighted by Crippen LogP contribution is -2.22. The highest BCUT2D eigenvalue weighted by atomic mass is 16.3. The SMILES string of the molecule is c1cncc(CN(Cc2ccco2)Cc2ccco2)c1. The van der Waals surface area contributed by atoms with Gasteiger partial charge in [-0.1, -0.05) is 6.07 Å².